The lowest BCUT2D eigenvalue weighted by atomic mass is 9.91. The maximum atomic E-state index is 3.46. The van der Waals surface area contributed by atoms with E-state index in [1.54, 1.807) is 0 Å². The molecule has 1 atom stereocenters. The van der Waals surface area contributed by atoms with E-state index >= 15 is 0 Å². The van der Waals surface area contributed by atoms with Crippen molar-refractivity contribution in [3.05, 3.63) is 36.0 Å². The summed E-state index contributed by atoms with van der Waals surface area (Å²) in [6, 6.07) is 11.7. The third-order valence-corrected chi connectivity index (χ3v) is 4.41. The van der Waals surface area contributed by atoms with Crippen molar-refractivity contribution < 1.29 is 0 Å². The van der Waals surface area contributed by atoms with Gasteiger partial charge in [0.25, 0.3) is 0 Å². The molecule has 0 saturated carbocycles. The molecule has 1 saturated heterocycles. The van der Waals surface area contributed by atoms with Gasteiger partial charge in [0.2, 0.25) is 0 Å². The molecular weight excluding hydrogens is 220 g/mol. The fraction of sp³-hybridized carbons (Fsp3) is 0.500. The Morgan fingerprint density at radius 1 is 1.22 bits per heavy atom. The van der Waals surface area contributed by atoms with Gasteiger partial charge in [0.15, 0.2) is 0 Å². The molecule has 0 spiro atoms. The van der Waals surface area contributed by atoms with Crippen LogP contribution in [0.3, 0.4) is 0 Å². The predicted molar refractivity (Wildman–Crippen MR) is 77.0 cm³/mol. The number of hydrogen-bond donors (Lipinski definition) is 1. The highest BCUT2D eigenvalue weighted by Gasteiger charge is 2.23. The second-order valence-electron chi connectivity index (χ2n) is 5.54. The van der Waals surface area contributed by atoms with E-state index in [4.69, 9.17) is 0 Å². The van der Waals surface area contributed by atoms with Crippen LogP contribution in [0.4, 0.5) is 0 Å². The molecule has 1 aromatic heterocycles. The number of rotatable bonds is 2. The molecule has 0 bridgehead atoms. The Morgan fingerprint density at radius 3 is 2.72 bits per heavy atom. The molecule has 2 heterocycles. The van der Waals surface area contributed by atoms with Gasteiger partial charge in [-0.15, -0.1) is 0 Å². The van der Waals surface area contributed by atoms with Gasteiger partial charge in [0.05, 0.1) is 0 Å². The van der Waals surface area contributed by atoms with Gasteiger partial charge in [-0.05, 0) is 63.2 Å². The largest absolute Gasteiger partial charge is 0.342 e. The SMILES string of the molecule is Cc1cc2ccccc2n1C(C)C1CCNCC1. The minimum Gasteiger partial charge on any atom is -0.342 e. The van der Waals surface area contributed by atoms with E-state index in [1.807, 2.05) is 0 Å². The quantitative estimate of drug-likeness (QED) is 0.852. The summed E-state index contributed by atoms with van der Waals surface area (Å²) in [6.45, 7) is 6.97. The number of piperidine rings is 1. The molecule has 2 aromatic rings. The standard InChI is InChI=1S/C16H22N2/c1-12-11-15-5-3-4-6-16(15)18(12)13(2)14-7-9-17-10-8-14/h3-6,11,13-14,17H,7-10H2,1-2H3. The zero-order valence-electron chi connectivity index (χ0n) is 11.3. The first-order valence-corrected chi connectivity index (χ1v) is 7.04. The first-order valence-electron chi connectivity index (χ1n) is 7.04. The molecular formula is C16H22N2. The highest BCUT2D eigenvalue weighted by molar-refractivity contribution is 5.81. The second-order valence-corrected chi connectivity index (χ2v) is 5.54. The van der Waals surface area contributed by atoms with E-state index < -0.39 is 0 Å². The number of hydrogen-bond acceptors (Lipinski definition) is 1. The Labute approximate surface area is 109 Å². The molecule has 3 rings (SSSR count). The first kappa shape index (κ1) is 11.8. The van der Waals surface area contributed by atoms with E-state index in [2.05, 4.69) is 54.1 Å². The number of fused-ring (bicyclic) bond motifs is 1. The van der Waals surface area contributed by atoms with Crippen LogP contribution in [0.15, 0.2) is 30.3 Å². The zero-order chi connectivity index (χ0) is 12.5. The summed E-state index contributed by atoms with van der Waals surface area (Å²) < 4.78 is 2.53. The molecule has 1 aliphatic rings. The Morgan fingerprint density at radius 2 is 1.94 bits per heavy atom. The van der Waals surface area contributed by atoms with Gasteiger partial charge in [0.1, 0.15) is 0 Å². The van der Waals surface area contributed by atoms with Crippen molar-refractivity contribution in [1.29, 1.82) is 0 Å². The van der Waals surface area contributed by atoms with Crippen molar-refractivity contribution in [1.82, 2.24) is 9.88 Å². The van der Waals surface area contributed by atoms with Crippen LogP contribution < -0.4 is 5.32 Å². The molecule has 1 aliphatic heterocycles. The van der Waals surface area contributed by atoms with Crippen LogP contribution in [0.25, 0.3) is 10.9 Å². The predicted octanol–water partition coefficient (Wildman–Crippen LogP) is 3.51. The molecule has 2 heteroatoms. The molecule has 1 aromatic carbocycles. The summed E-state index contributed by atoms with van der Waals surface area (Å²) in [5.74, 6) is 0.806. The van der Waals surface area contributed by atoms with E-state index in [-0.39, 0.29) is 0 Å². The number of benzene rings is 1. The van der Waals surface area contributed by atoms with Crippen LogP contribution in [0, 0.1) is 12.8 Å². The van der Waals surface area contributed by atoms with Crippen LogP contribution >= 0.6 is 0 Å². The van der Waals surface area contributed by atoms with Crippen LogP contribution in [0.5, 0.6) is 0 Å². The average molecular weight is 242 g/mol. The van der Waals surface area contributed by atoms with Crippen molar-refractivity contribution in [2.24, 2.45) is 5.92 Å². The summed E-state index contributed by atoms with van der Waals surface area (Å²) in [4.78, 5) is 0. The smallest absolute Gasteiger partial charge is 0.0485 e. The third-order valence-electron chi connectivity index (χ3n) is 4.41. The summed E-state index contributed by atoms with van der Waals surface area (Å²) in [5, 5.41) is 4.83. The van der Waals surface area contributed by atoms with Gasteiger partial charge >= 0.3 is 0 Å². The van der Waals surface area contributed by atoms with Crippen molar-refractivity contribution in [3.8, 4) is 0 Å². The minimum absolute atomic E-state index is 0.604. The highest BCUT2D eigenvalue weighted by Crippen LogP contribution is 2.31. The lowest BCUT2D eigenvalue weighted by molar-refractivity contribution is 0.277. The minimum atomic E-state index is 0.604. The fourth-order valence-electron chi connectivity index (χ4n) is 3.39. The van der Waals surface area contributed by atoms with Crippen molar-refractivity contribution in [2.75, 3.05) is 13.1 Å². The third kappa shape index (κ3) is 1.95. The Balaban J connectivity index is 1.99. The molecule has 1 N–H and O–H groups in total. The van der Waals surface area contributed by atoms with Crippen molar-refractivity contribution in [3.63, 3.8) is 0 Å². The first-order chi connectivity index (χ1) is 8.77. The Hall–Kier alpha value is -1.28. The maximum Gasteiger partial charge on any atom is 0.0485 e. The summed E-state index contributed by atoms with van der Waals surface area (Å²) >= 11 is 0. The van der Waals surface area contributed by atoms with Gasteiger partial charge in [0, 0.05) is 17.3 Å². The second kappa shape index (κ2) is 4.77. The zero-order valence-corrected chi connectivity index (χ0v) is 11.3. The molecule has 1 unspecified atom stereocenters. The van der Waals surface area contributed by atoms with E-state index in [9.17, 15) is 0 Å². The van der Waals surface area contributed by atoms with Crippen molar-refractivity contribution >= 4 is 10.9 Å². The Kier molecular flexibility index (Phi) is 3.13. The Bertz CT molecular complexity index is 535. The molecule has 2 nitrogen and oxygen atoms in total. The lowest BCUT2D eigenvalue weighted by Crippen LogP contribution is -2.32. The molecule has 0 amide bonds. The molecule has 96 valence electrons. The van der Waals surface area contributed by atoms with Gasteiger partial charge in [-0.2, -0.15) is 0 Å². The maximum absolute atomic E-state index is 3.46. The monoisotopic (exact) mass is 242 g/mol. The van der Waals surface area contributed by atoms with Crippen LogP contribution in [-0.2, 0) is 0 Å². The van der Waals surface area contributed by atoms with E-state index in [1.165, 1.54) is 42.5 Å². The van der Waals surface area contributed by atoms with Crippen LogP contribution in [0.2, 0.25) is 0 Å². The fourth-order valence-corrected chi connectivity index (χ4v) is 3.39. The molecule has 0 aliphatic carbocycles. The highest BCUT2D eigenvalue weighted by atomic mass is 15.0. The van der Waals surface area contributed by atoms with Gasteiger partial charge < -0.3 is 9.88 Å². The van der Waals surface area contributed by atoms with Gasteiger partial charge in [-0.3, -0.25) is 0 Å². The number of nitrogens with zero attached hydrogens (tertiary/aromatic N) is 1. The van der Waals surface area contributed by atoms with Crippen LogP contribution in [-0.4, -0.2) is 17.7 Å². The molecule has 0 radical (unpaired) electrons. The normalized spacial score (nSPS) is 19.2. The van der Waals surface area contributed by atoms with E-state index in [0.29, 0.717) is 6.04 Å². The average Bonchev–Trinajstić information content (AvgIpc) is 2.75. The lowest BCUT2D eigenvalue weighted by Gasteiger charge is -2.30. The number of para-hydroxylation sites is 1. The summed E-state index contributed by atoms with van der Waals surface area (Å²) in [5.41, 5.74) is 2.78. The number of nitrogens with one attached hydrogen (secondary N) is 1. The number of aromatic nitrogens is 1. The van der Waals surface area contributed by atoms with Gasteiger partial charge in [-0.1, -0.05) is 18.2 Å². The summed E-state index contributed by atoms with van der Waals surface area (Å²) in [7, 11) is 0. The van der Waals surface area contributed by atoms with Crippen molar-refractivity contribution in [2.45, 2.75) is 32.7 Å². The van der Waals surface area contributed by atoms with Gasteiger partial charge in [-0.25, -0.2) is 0 Å². The van der Waals surface area contributed by atoms with Crippen LogP contribution in [0.1, 0.15) is 31.5 Å². The summed E-state index contributed by atoms with van der Waals surface area (Å²) in [6.07, 6.45) is 2.60. The topological polar surface area (TPSA) is 17.0 Å². The number of aryl methyl sites for hydroxylation is 1. The molecule has 1 fully saturated rings. The molecule has 18 heavy (non-hydrogen) atoms. The van der Waals surface area contributed by atoms with E-state index in [0.717, 1.165) is 5.92 Å².